The van der Waals surface area contributed by atoms with E-state index in [1.165, 1.54) is 20.3 Å². The molecule has 5 heterocycles. The van der Waals surface area contributed by atoms with E-state index >= 15 is 0 Å². The Labute approximate surface area is 416 Å². The van der Waals surface area contributed by atoms with Crippen molar-refractivity contribution >= 4 is 84.2 Å². The lowest BCUT2D eigenvalue weighted by atomic mass is 10.00. The highest BCUT2D eigenvalue weighted by Crippen LogP contribution is 2.46. The normalized spacial score (nSPS) is 23.1. The fourth-order valence-corrected chi connectivity index (χ4v) is 17.9. The van der Waals surface area contributed by atoms with Gasteiger partial charge in [0.05, 0.1) is 67.4 Å². The van der Waals surface area contributed by atoms with E-state index in [0.717, 1.165) is 86.2 Å². The van der Waals surface area contributed by atoms with Crippen LogP contribution in [0.25, 0.3) is 33.1 Å². The number of sulfone groups is 2. The second kappa shape index (κ2) is 18.6. The monoisotopic (exact) mass is 1040 g/mol. The Balaban J connectivity index is 0.000000164. The first-order valence-electron chi connectivity index (χ1n) is 24.7. The largest absolute Gasteiger partial charge is 0.396 e. The van der Waals surface area contributed by atoms with Crippen LogP contribution in [0.5, 0.6) is 0 Å². The van der Waals surface area contributed by atoms with Crippen molar-refractivity contribution in [3.63, 3.8) is 0 Å². The molecule has 6 atom stereocenters. The van der Waals surface area contributed by atoms with Crippen LogP contribution >= 0.6 is 0 Å². The van der Waals surface area contributed by atoms with Gasteiger partial charge in [0.15, 0.2) is 31.0 Å². The van der Waals surface area contributed by atoms with Crippen LogP contribution in [0.15, 0.2) is 102 Å². The molecule has 0 radical (unpaired) electrons. The summed E-state index contributed by atoms with van der Waals surface area (Å²) in [6, 6.07) is 17.2. The number of imidazole rings is 1. The van der Waals surface area contributed by atoms with E-state index in [-0.39, 0.29) is 55.7 Å². The molecule has 20 heteroatoms. The van der Waals surface area contributed by atoms with E-state index in [0.29, 0.717) is 45.4 Å². The number of nitrogens with two attached hydrogens (primary N) is 1. The van der Waals surface area contributed by atoms with Gasteiger partial charge in [-0.25, -0.2) is 56.6 Å². The Hall–Kier alpha value is -5.31. The number of hydrogen-bond acceptors (Lipinski definition) is 13. The number of rotatable bonds is 15. The van der Waals surface area contributed by atoms with Crippen molar-refractivity contribution in [2.75, 3.05) is 22.6 Å². The first kappa shape index (κ1) is 49.3. The Kier molecular flexibility index (Phi) is 12.9. The van der Waals surface area contributed by atoms with Crippen LogP contribution in [0, 0.1) is 37.5 Å². The van der Waals surface area contributed by atoms with Gasteiger partial charge < -0.3 is 15.6 Å². The van der Waals surface area contributed by atoms with Gasteiger partial charge in [-0.15, -0.1) is 0 Å². The van der Waals surface area contributed by atoms with Gasteiger partial charge in [0.1, 0.15) is 5.52 Å². The Morgan fingerprint density at radius 3 is 1.63 bits per heavy atom. The molecule has 378 valence electrons. The zero-order valence-electron chi connectivity index (χ0n) is 40.4. The standard InChI is InChI=1S/C26H30N4O4S2.C25H32N4O4S2/c1-3-19-12-18(15-35(31,32)20-8-9-20)13-24(19)29-16-28-23-14-27-26-22(25(23)29)10-11-30(26)36(33,34)21-6-4-17(2)5-7-21;1-3-18-12-17(15-34(30,31)19-8-9-19)13-23(18)28-24-21-10-11-29(25(21)27-14-22(24)26)35(32,33)20-6-4-16(2)5-7-20/h4-7,10-11,14,16,18-20,24H,3,8-9,12-13,15H2,1-2H3;4-7,10-11,14,17-19,23H,3,8-9,12-13,15,26H2,1-2H3,(H,27,28)/t18?,19-,24+;17?,18-,23?/m11/s1. The van der Waals surface area contributed by atoms with E-state index < -0.39 is 39.7 Å². The lowest BCUT2D eigenvalue weighted by Gasteiger charge is -2.22. The molecule has 4 saturated carbocycles. The number of fused-ring (bicyclic) bond motifs is 4. The van der Waals surface area contributed by atoms with Crippen LogP contribution in [-0.2, 0) is 39.7 Å². The van der Waals surface area contributed by atoms with Crippen LogP contribution in [0.1, 0.15) is 95.2 Å². The van der Waals surface area contributed by atoms with Crippen molar-refractivity contribution in [1.82, 2.24) is 27.5 Å². The number of nitrogen functional groups attached to an aromatic ring is 1. The molecule has 16 nitrogen and oxygen atoms in total. The maximum Gasteiger partial charge on any atom is 0.269 e. The van der Waals surface area contributed by atoms with E-state index in [4.69, 9.17) is 5.73 Å². The quantitative estimate of drug-likeness (QED) is 0.0984. The van der Waals surface area contributed by atoms with Crippen LogP contribution in [0.3, 0.4) is 0 Å². The van der Waals surface area contributed by atoms with Gasteiger partial charge in [-0.3, -0.25) is 0 Å². The van der Waals surface area contributed by atoms with Crippen LogP contribution in [0.2, 0.25) is 0 Å². The molecule has 0 spiro atoms. The Morgan fingerprint density at radius 1 is 0.606 bits per heavy atom. The third-order valence-corrected chi connectivity index (χ3v) is 23.6. The van der Waals surface area contributed by atoms with Crippen molar-refractivity contribution in [1.29, 1.82) is 0 Å². The predicted octanol–water partition coefficient (Wildman–Crippen LogP) is 8.44. The number of nitrogens with zero attached hydrogens (tertiary/aromatic N) is 6. The summed E-state index contributed by atoms with van der Waals surface area (Å²) < 4.78 is 108. The van der Waals surface area contributed by atoms with E-state index in [9.17, 15) is 33.7 Å². The minimum absolute atomic E-state index is 0.0596. The molecule has 0 saturated heterocycles. The minimum atomic E-state index is -3.82. The minimum Gasteiger partial charge on any atom is -0.396 e. The molecule has 2 aromatic carbocycles. The second-order valence-corrected chi connectivity index (χ2v) is 28.7. The van der Waals surface area contributed by atoms with Gasteiger partial charge >= 0.3 is 0 Å². The lowest BCUT2D eigenvalue weighted by molar-refractivity contribution is 0.377. The molecule has 3 N–H and O–H groups in total. The highest BCUT2D eigenvalue weighted by molar-refractivity contribution is 7.92. The molecule has 7 aromatic rings. The predicted molar refractivity (Wildman–Crippen MR) is 278 cm³/mol. The van der Waals surface area contributed by atoms with Gasteiger partial charge in [-0.05, 0) is 125 Å². The molecule has 0 bridgehead atoms. The zero-order valence-corrected chi connectivity index (χ0v) is 43.7. The average Bonchev–Trinajstić information content (AvgIpc) is 4.14. The van der Waals surface area contributed by atoms with Gasteiger partial charge in [0.25, 0.3) is 20.0 Å². The van der Waals surface area contributed by atoms with Gasteiger partial charge in [-0.1, -0.05) is 62.1 Å². The summed E-state index contributed by atoms with van der Waals surface area (Å²) in [5.74, 6) is 1.41. The van der Waals surface area contributed by atoms with Crippen LogP contribution in [0.4, 0.5) is 11.4 Å². The Bertz CT molecular complexity index is 3600. The molecule has 11 rings (SSSR count). The van der Waals surface area contributed by atoms with Crippen molar-refractivity contribution in [2.45, 2.75) is 124 Å². The van der Waals surface area contributed by atoms with E-state index in [1.54, 1.807) is 73.1 Å². The number of benzene rings is 2. The SMILES string of the molecule is CC[C@@H]1CC(CS(=O)(=O)C2CC2)CC1Nc1c(N)cnc2c1ccn2S(=O)(=O)c1ccc(C)cc1.CC[C@@H]1CC(CS(=O)(=O)C2CC2)C[C@@H]1n1cnc2cnc3c(ccn3S(=O)(=O)c3ccc(C)cc3)c21. The van der Waals surface area contributed by atoms with Crippen LogP contribution in [-0.4, -0.2) is 89.2 Å². The number of anilines is 2. The molecule has 4 aliphatic carbocycles. The molecular weight excluding hydrogens is 981 g/mol. The fourth-order valence-electron chi connectivity index (χ4n) is 11.2. The smallest absolute Gasteiger partial charge is 0.269 e. The summed E-state index contributed by atoms with van der Waals surface area (Å²) in [5.41, 5.74) is 11.6. The maximum absolute atomic E-state index is 13.4. The zero-order chi connectivity index (χ0) is 50.2. The molecular formula is C51H62N8O8S4. The lowest BCUT2D eigenvalue weighted by Crippen LogP contribution is -2.25. The number of aromatic nitrogens is 6. The fraction of sp³-hybridized carbons (Fsp3) is 0.471. The summed E-state index contributed by atoms with van der Waals surface area (Å²) in [6.07, 6.45) is 16.3. The van der Waals surface area contributed by atoms with Gasteiger partial charge in [0.2, 0.25) is 0 Å². The summed E-state index contributed by atoms with van der Waals surface area (Å²) in [6.45, 7) is 8.09. The molecule has 0 amide bonds. The molecule has 71 heavy (non-hydrogen) atoms. The highest BCUT2D eigenvalue weighted by atomic mass is 32.2. The molecule has 5 aromatic heterocycles. The van der Waals surface area contributed by atoms with Crippen molar-refractivity contribution in [3.05, 3.63) is 103 Å². The number of nitrogens with one attached hydrogen (secondary N) is 1. The molecule has 3 unspecified atom stereocenters. The summed E-state index contributed by atoms with van der Waals surface area (Å²) in [4.78, 5) is 13.8. The summed E-state index contributed by atoms with van der Waals surface area (Å²) in [7, 11) is -13.7. The third-order valence-electron chi connectivity index (χ3n) is 15.4. The van der Waals surface area contributed by atoms with Gasteiger partial charge in [-0.2, -0.15) is 0 Å². The topological polar surface area (TPSA) is 228 Å². The summed E-state index contributed by atoms with van der Waals surface area (Å²) >= 11 is 0. The Morgan fingerprint density at radius 2 is 1.10 bits per heavy atom. The van der Waals surface area contributed by atoms with E-state index in [2.05, 4.69) is 38.7 Å². The first-order valence-corrected chi connectivity index (χ1v) is 31.0. The van der Waals surface area contributed by atoms with Crippen LogP contribution < -0.4 is 11.1 Å². The van der Waals surface area contributed by atoms with Crippen molar-refractivity contribution < 1.29 is 33.7 Å². The highest BCUT2D eigenvalue weighted by Gasteiger charge is 2.43. The van der Waals surface area contributed by atoms with Gasteiger partial charge in [0, 0.05) is 35.2 Å². The number of hydrogen-bond donors (Lipinski definition) is 2. The number of pyridine rings is 2. The third kappa shape index (κ3) is 9.49. The summed E-state index contributed by atoms with van der Waals surface area (Å²) in [5, 5.41) is 4.64. The molecule has 4 aliphatic rings. The molecule has 4 fully saturated rings. The van der Waals surface area contributed by atoms with Crippen molar-refractivity contribution in [3.8, 4) is 0 Å². The average molecular weight is 1040 g/mol. The second-order valence-electron chi connectivity index (χ2n) is 20.5. The first-order chi connectivity index (χ1) is 33.8. The number of aryl methyl sites for hydroxylation is 2. The molecule has 0 aliphatic heterocycles. The van der Waals surface area contributed by atoms with E-state index in [1.807, 2.05) is 20.2 Å². The van der Waals surface area contributed by atoms with Crippen molar-refractivity contribution in [2.24, 2.45) is 23.7 Å². The maximum atomic E-state index is 13.4.